The van der Waals surface area contributed by atoms with Gasteiger partial charge < -0.3 is 14.6 Å². The van der Waals surface area contributed by atoms with Crippen molar-refractivity contribution in [3.05, 3.63) is 46.8 Å². The van der Waals surface area contributed by atoms with Gasteiger partial charge >= 0.3 is 6.61 Å². The van der Waals surface area contributed by atoms with Crippen molar-refractivity contribution in [1.82, 2.24) is 10.5 Å². The number of carbonyl (C=O) groups excluding carboxylic acids is 1. The molecule has 7 heteroatoms. The maximum Gasteiger partial charge on any atom is 0.387 e. The summed E-state index contributed by atoms with van der Waals surface area (Å²) in [7, 11) is 0. The molecule has 1 aromatic heterocycles. The molecule has 0 aliphatic heterocycles. The van der Waals surface area contributed by atoms with Crippen molar-refractivity contribution in [2.45, 2.75) is 39.7 Å². The van der Waals surface area contributed by atoms with Crippen LogP contribution in [-0.4, -0.2) is 24.2 Å². The van der Waals surface area contributed by atoms with Gasteiger partial charge in [-0.2, -0.15) is 8.78 Å². The van der Waals surface area contributed by atoms with E-state index in [0.29, 0.717) is 30.0 Å². The van der Waals surface area contributed by atoms with E-state index in [1.54, 1.807) is 19.1 Å². The lowest BCUT2D eigenvalue weighted by molar-refractivity contribution is -0.0498. The molecule has 2 rings (SSSR count). The fourth-order valence-corrected chi connectivity index (χ4v) is 2.30. The summed E-state index contributed by atoms with van der Waals surface area (Å²) in [6.07, 6.45) is 0.571. The highest BCUT2D eigenvalue weighted by Crippen LogP contribution is 2.22. The molecule has 0 atom stereocenters. The first-order valence-electron chi connectivity index (χ1n) is 7.66. The lowest BCUT2D eigenvalue weighted by Gasteiger charge is -2.08. The Hall–Kier alpha value is -2.44. The van der Waals surface area contributed by atoms with Gasteiger partial charge in [0.25, 0.3) is 5.91 Å². The fraction of sp³-hybridized carbons (Fsp3) is 0.412. The first-order valence-corrected chi connectivity index (χ1v) is 7.66. The second-order valence-electron chi connectivity index (χ2n) is 5.69. The van der Waals surface area contributed by atoms with Crippen molar-refractivity contribution in [1.29, 1.82) is 0 Å². The molecule has 0 radical (unpaired) electrons. The van der Waals surface area contributed by atoms with Gasteiger partial charge in [0.05, 0.1) is 5.69 Å². The molecule has 0 aliphatic carbocycles. The van der Waals surface area contributed by atoms with Crippen molar-refractivity contribution >= 4 is 5.91 Å². The van der Waals surface area contributed by atoms with E-state index >= 15 is 0 Å². The topological polar surface area (TPSA) is 64.4 Å². The molecule has 2 aromatic rings. The third-order valence-corrected chi connectivity index (χ3v) is 3.49. The summed E-state index contributed by atoms with van der Waals surface area (Å²) in [4.78, 5) is 12.3. The van der Waals surface area contributed by atoms with Crippen LogP contribution in [0.1, 0.15) is 47.1 Å². The molecule has 5 nitrogen and oxygen atoms in total. The van der Waals surface area contributed by atoms with Gasteiger partial charge in [-0.05, 0) is 31.0 Å². The zero-order chi connectivity index (χ0) is 17.7. The number of alkyl halides is 2. The third kappa shape index (κ3) is 4.53. The Kier molecular flexibility index (Phi) is 5.89. The van der Waals surface area contributed by atoms with Gasteiger partial charge in [0.1, 0.15) is 11.3 Å². The molecule has 1 N–H and O–H groups in total. The lowest BCUT2D eigenvalue weighted by Crippen LogP contribution is -2.27. The van der Waals surface area contributed by atoms with Crippen LogP contribution < -0.4 is 10.1 Å². The number of carbonyl (C=O) groups is 1. The van der Waals surface area contributed by atoms with Crippen molar-refractivity contribution in [3.8, 4) is 5.75 Å². The molecular weight excluding hydrogens is 318 g/mol. The Balaban J connectivity index is 1.90. The van der Waals surface area contributed by atoms with Gasteiger partial charge in [-0.25, -0.2) is 0 Å². The van der Waals surface area contributed by atoms with Crippen molar-refractivity contribution < 1.29 is 22.8 Å². The van der Waals surface area contributed by atoms with Crippen LogP contribution in [0.3, 0.4) is 0 Å². The minimum atomic E-state index is -2.84. The average Bonchev–Trinajstić information content (AvgIpc) is 2.90. The number of nitrogens with one attached hydrogen (secondary N) is 1. The van der Waals surface area contributed by atoms with Crippen LogP contribution in [-0.2, 0) is 6.42 Å². The number of nitrogens with zero attached hydrogens (tertiary/aromatic N) is 1. The number of ether oxygens (including phenoxy) is 1. The SMILES string of the molecule is Cc1noc(C(C)C)c1C(=O)NCCc1ccc(OC(F)F)cc1. The largest absolute Gasteiger partial charge is 0.435 e. The zero-order valence-corrected chi connectivity index (χ0v) is 13.8. The predicted molar refractivity (Wildman–Crippen MR) is 84.4 cm³/mol. The minimum absolute atomic E-state index is 0.0642. The second kappa shape index (κ2) is 7.90. The second-order valence-corrected chi connectivity index (χ2v) is 5.69. The Morgan fingerprint density at radius 3 is 2.54 bits per heavy atom. The first kappa shape index (κ1) is 17.9. The van der Waals surface area contributed by atoms with E-state index in [1.165, 1.54) is 12.1 Å². The van der Waals surface area contributed by atoms with E-state index in [9.17, 15) is 13.6 Å². The van der Waals surface area contributed by atoms with Crippen LogP contribution in [0, 0.1) is 6.92 Å². The molecule has 24 heavy (non-hydrogen) atoms. The molecule has 1 aromatic carbocycles. The summed E-state index contributed by atoms with van der Waals surface area (Å²) in [5.41, 5.74) is 1.94. The molecule has 1 heterocycles. The number of rotatable bonds is 7. The summed E-state index contributed by atoms with van der Waals surface area (Å²) in [6.45, 7) is 3.17. The van der Waals surface area contributed by atoms with Crippen molar-refractivity contribution in [2.75, 3.05) is 6.54 Å². The molecule has 0 spiro atoms. The van der Waals surface area contributed by atoms with E-state index in [-0.39, 0.29) is 17.6 Å². The van der Waals surface area contributed by atoms with Gasteiger partial charge in [-0.15, -0.1) is 0 Å². The fourth-order valence-electron chi connectivity index (χ4n) is 2.30. The van der Waals surface area contributed by atoms with Crippen LogP contribution in [0.2, 0.25) is 0 Å². The van der Waals surface area contributed by atoms with E-state index in [4.69, 9.17) is 4.52 Å². The summed E-state index contributed by atoms with van der Waals surface area (Å²) in [5.74, 6) is 0.516. The summed E-state index contributed by atoms with van der Waals surface area (Å²) < 4.78 is 33.7. The maximum atomic E-state index is 12.3. The summed E-state index contributed by atoms with van der Waals surface area (Å²) in [5, 5.41) is 6.67. The van der Waals surface area contributed by atoms with Crippen molar-refractivity contribution in [3.63, 3.8) is 0 Å². The molecule has 1 amide bonds. The normalized spacial score (nSPS) is 11.1. The lowest BCUT2D eigenvalue weighted by atomic mass is 10.0. The van der Waals surface area contributed by atoms with Crippen LogP contribution in [0.5, 0.6) is 5.75 Å². The van der Waals surface area contributed by atoms with Gasteiger partial charge in [-0.1, -0.05) is 31.1 Å². The number of hydrogen-bond acceptors (Lipinski definition) is 4. The number of halogens is 2. The highest BCUT2D eigenvalue weighted by molar-refractivity contribution is 5.96. The number of aryl methyl sites for hydroxylation is 1. The standard InChI is InChI=1S/C17H20F2N2O3/c1-10(2)15-14(11(3)21-24-15)16(22)20-9-8-12-4-6-13(7-5-12)23-17(18)19/h4-7,10,17H,8-9H2,1-3H3,(H,20,22). The third-order valence-electron chi connectivity index (χ3n) is 3.49. The van der Waals surface area contributed by atoms with E-state index in [1.807, 2.05) is 13.8 Å². The smallest absolute Gasteiger partial charge is 0.387 e. The number of hydrogen-bond donors (Lipinski definition) is 1. The average molecular weight is 338 g/mol. The van der Waals surface area contributed by atoms with Gasteiger partial charge in [0.2, 0.25) is 0 Å². The van der Waals surface area contributed by atoms with Gasteiger partial charge in [0, 0.05) is 12.5 Å². The quantitative estimate of drug-likeness (QED) is 0.836. The van der Waals surface area contributed by atoms with E-state index in [0.717, 1.165) is 5.56 Å². The van der Waals surface area contributed by atoms with Crippen LogP contribution in [0.4, 0.5) is 8.78 Å². The number of aromatic nitrogens is 1. The monoisotopic (exact) mass is 338 g/mol. The van der Waals surface area contributed by atoms with Gasteiger partial charge in [-0.3, -0.25) is 4.79 Å². The molecule has 0 saturated carbocycles. The Morgan fingerprint density at radius 2 is 1.96 bits per heavy atom. The molecule has 0 aliphatic rings. The van der Waals surface area contributed by atoms with E-state index in [2.05, 4.69) is 15.2 Å². The summed E-state index contributed by atoms with van der Waals surface area (Å²) in [6, 6.07) is 6.33. The molecule has 0 saturated heterocycles. The summed E-state index contributed by atoms with van der Waals surface area (Å²) >= 11 is 0. The minimum Gasteiger partial charge on any atom is -0.435 e. The highest BCUT2D eigenvalue weighted by atomic mass is 19.3. The first-order chi connectivity index (χ1) is 11.4. The van der Waals surface area contributed by atoms with E-state index < -0.39 is 6.61 Å². The van der Waals surface area contributed by atoms with Crippen molar-refractivity contribution in [2.24, 2.45) is 0 Å². The molecule has 0 unspecified atom stereocenters. The number of benzene rings is 1. The van der Waals surface area contributed by atoms with Crippen LogP contribution >= 0.6 is 0 Å². The Bertz CT molecular complexity index is 682. The highest BCUT2D eigenvalue weighted by Gasteiger charge is 2.22. The molecule has 0 fully saturated rings. The van der Waals surface area contributed by atoms with Crippen LogP contribution in [0.15, 0.2) is 28.8 Å². The maximum absolute atomic E-state index is 12.3. The molecule has 130 valence electrons. The zero-order valence-electron chi connectivity index (χ0n) is 13.8. The molecule has 0 bridgehead atoms. The molecular formula is C17H20F2N2O3. The Labute approximate surface area is 139 Å². The predicted octanol–water partition coefficient (Wildman–Crippen LogP) is 3.68. The number of amides is 1. The van der Waals surface area contributed by atoms with Crippen LogP contribution in [0.25, 0.3) is 0 Å². The van der Waals surface area contributed by atoms with Gasteiger partial charge in [0.15, 0.2) is 5.76 Å². The Morgan fingerprint density at radius 1 is 1.29 bits per heavy atom.